The Labute approximate surface area is 138 Å². The van der Waals surface area contributed by atoms with E-state index in [0.717, 1.165) is 16.8 Å². The lowest BCUT2D eigenvalue weighted by atomic mass is 10.1. The van der Waals surface area contributed by atoms with Gasteiger partial charge in [0.2, 0.25) is 5.91 Å². The van der Waals surface area contributed by atoms with Crippen LogP contribution < -0.4 is 10.9 Å². The summed E-state index contributed by atoms with van der Waals surface area (Å²) in [5.74, 6) is -0.134. The fraction of sp³-hybridized carbons (Fsp3) is 0.294. The summed E-state index contributed by atoms with van der Waals surface area (Å²) in [4.78, 5) is 28.8. The molecule has 1 aromatic carbocycles. The lowest BCUT2D eigenvalue weighted by Gasteiger charge is -2.11. The van der Waals surface area contributed by atoms with Crippen LogP contribution in [0.15, 0.2) is 35.5 Å². The minimum Gasteiger partial charge on any atom is -0.326 e. The molecule has 0 atom stereocenters. The molecule has 0 spiro atoms. The number of nitrogens with one attached hydrogen (secondary N) is 1. The number of anilines is 1. The second kappa shape index (κ2) is 6.27. The zero-order valence-electron chi connectivity index (χ0n) is 13.9. The maximum atomic E-state index is 12.4. The molecule has 0 fully saturated rings. The number of carbonyl (C=O) groups is 1. The van der Waals surface area contributed by atoms with Gasteiger partial charge in [-0.05, 0) is 25.0 Å². The normalized spacial score (nSPS) is 11.0. The van der Waals surface area contributed by atoms with Gasteiger partial charge in [0, 0.05) is 25.7 Å². The number of carbonyl (C=O) groups excluding carboxylic acids is 1. The van der Waals surface area contributed by atoms with E-state index in [1.54, 1.807) is 11.7 Å². The van der Waals surface area contributed by atoms with Gasteiger partial charge >= 0.3 is 0 Å². The molecule has 124 valence electrons. The van der Waals surface area contributed by atoms with E-state index in [9.17, 15) is 9.59 Å². The van der Waals surface area contributed by atoms with Crippen molar-refractivity contribution >= 4 is 22.6 Å². The predicted octanol–water partition coefficient (Wildman–Crippen LogP) is 1.78. The molecule has 0 bridgehead atoms. The van der Waals surface area contributed by atoms with Crippen molar-refractivity contribution in [2.75, 3.05) is 5.32 Å². The molecule has 24 heavy (non-hydrogen) atoms. The maximum absolute atomic E-state index is 12.4. The molecule has 0 radical (unpaired) electrons. The maximum Gasteiger partial charge on any atom is 0.264 e. The van der Waals surface area contributed by atoms with Crippen molar-refractivity contribution in [3.63, 3.8) is 0 Å². The van der Waals surface area contributed by atoms with Crippen molar-refractivity contribution in [1.29, 1.82) is 0 Å². The lowest BCUT2D eigenvalue weighted by molar-refractivity contribution is -0.116. The van der Waals surface area contributed by atoms with Crippen LogP contribution in [0.5, 0.6) is 0 Å². The average Bonchev–Trinajstić information content (AvgIpc) is 2.93. The molecule has 0 aliphatic rings. The van der Waals surface area contributed by atoms with E-state index in [1.807, 2.05) is 32.0 Å². The number of nitrogens with zero attached hydrogens (tertiary/aromatic N) is 4. The number of amides is 1. The van der Waals surface area contributed by atoms with Crippen LogP contribution >= 0.6 is 0 Å². The Hall–Kier alpha value is -2.96. The Morgan fingerprint density at radius 1 is 1.25 bits per heavy atom. The Bertz CT molecular complexity index is 951. The van der Waals surface area contributed by atoms with Gasteiger partial charge < -0.3 is 5.32 Å². The smallest absolute Gasteiger partial charge is 0.264 e. The Morgan fingerprint density at radius 2 is 1.96 bits per heavy atom. The van der Waals surface area contributed by atoms with Crippen molar-refractivity contribution in [2.45, 2.75) is 26.8 Å². The minimum atomic E-state index is -0.187. The van der Waals surface area contributed by atoms with Crippen LogP contribution in [-0.4, -0.2) is 25.2 Å². The second-order valence-corrected chi connectivity index (χ2v) is 5.81. The summed E-state index contributed by atoms with van der Waals surface area (Å²) in [6.07, 6.45) is 3.15. The summed E-state index contributed by atoms with van der Waals surface area (Å²) in [6.45, 7) is 4.17. The molecule has 0 aliphatic heterocycles. The largest absolute Gasteiger partial charge is 0.326 e. The lowest BCUT2D eigenvalue weighted by Crippen LogP contribution is -2.24. The SMILES string of the molecule is Cc1cccc(C)c1NC(=O)CCn1cnc2c(cnn2C)c1=O. The van der Waals surface area contributed by atoms with E-state index in [4.69, 9.17) is 0 Å². The highest BCUT2D eigenvalue weighted by atomic mass is 16.2. The summed E-state index contributed by atoms with van der Waals surface area (Å²) >= 11 is 0. The van der Waals surface area contributed by atoms with Gasteiger partial charge in [0.25, 0.3) is 5.56 Å². The van der Waals surface area contributed by atoms with Crippen LogP contribution in [0.1, 0.15) is 17.5 Å². The number of hydrogen-bond acceptors (Lipinski definition) is 4. The molecule has 2 aromatic heterocycles. The highest BCUT2D eigenvalue weighted by Crippen LogP contribution is 2.19. The molecule has 3 rings (SSSR count). The van der Waals surface area contributed by atoms with Gasteiger partial charge in [-0.3, -0.25) is 18.8 Å². The van der Waals surface area contributed by atoms with Gasteiger partial charge in [0.1, 0.15) is 5.39 Å². The number of aryl methyl sites for hydroxylation is 4. The number of para-hydroxylation sites is 1. The standard InChI is InChI=1S/C17H19N5O2/c1-11-5-4-6-12(2)15(11)20-14(23)7-8-22-10-18-16-13(17(22)24)9-19-21(16)3/h4-6,9-10H,7-8H2,1-3H3,(H,20,23). The van der Waals surface area contributed by atoms with Gasteiger partial charge in [-0.1, -0.05) is 18.2 Å². The zero-order chi connectivity index (χ0) is 17.3. The van der Waals surface area contributed by atoms with Gasteiger partial charge in [-0.15, -0.1) is 0 Å². The first kappa shape index (κ1) is 15.9. The quantitative estimate of drug-likeness (QED) is 0.792. The predicted molar refractivity (Wildman–Crippen MR) is 91.9 cm³/mol. The fourth-order valence-electron chi connectivity index (χ4n) is 2.66. The van der Waals surface area contributed by atoms with Crippen molar-refractivity contribution in [1.82, 2.24) is 19.3 Å². The van der Waals surface area contributed by atoms with Gasteiger partial charge in [0.15, 0.2) is 5.65 Å². The highest BCUT2D eigenvalue weighted by Gasteiger charge is 2.11. The molecule has 0 saturated heterocycles. The molecule has 3 aromatic rings. The number of aromatic nitrogens is 4. The average molecular weight is 325 g/mol. The summed E-state index contributed by atoms with van der Waals surface area (Å²) in [5, 5.41) is 7.40. The number of rotatable bonds is 4. The zero-order valence-corrected chi connectivity index (χ0v) is 13.9. The third-order valence-corrected chi connectivity index (χ3v) is 4.04. The molecule has 7 nitrogen and oxygen atoms in total. The molecule has 7 heteroatoms. The monoisotopic (exact) mass is 325 g/mol. The Morgan fingerprint density at radius 3 is 2.67 bits per heavy atom. The topological polar surface area (TPSA) is 81.8 Å². The first-order valence-electron chi connectivity index (χ1n) is 7.70. The van der Waals surface area contributed by atoms with Crippen LogP contribution in [0, 0.1) is 13.8 Å². The molecular weight excluding hydrogens is 306 g/mol. The van der Waals surface area contributed by atoms with Crippen LogP contribution in [0.3, 0.4) is 0 Å². The molecule has 0 unspecified atom stereocenters. The Balaban J connectivity index is 1.73. The van der Waals surface area contributed by atoms with Gasteiger partial charge in [-0.25, -0.2) is 4.98 Å². The number of fused-ring (bicyclic) bond motifs is 1. The van der Waals surface area contributed by atoms with E-state index in [-0.39, 0.29) is 24.4 Å². The summed E-state index contributed by atoms with van der Waals surface area (Å²) in [5.41, 5.74) is 3.21. The second-order valence-electron chi connectivity index (χ2n) is 5.81. The van der Waals surface area contributed by atoms with Crippen LogP contribution in [0.2, 0.25) is 0 Å². The van der Waals surface area contributed by atoms with Crippen molar-refractivity contribution in [2.24, 2.45) is 7.05 Å². The third-order valence-electron chi connectivity index (χ3n) is 4.04. The third kappa shape index (κ3) is 2.92. The first-order chi connectivity index (χ1) is 11.5. The van der Waals surface area contributed by atoms with E-state index in [2.05, 4.69) is 15.4 Å². The summed E-state index contributed by atoms with van der Waals surface area (Å²) in [6, 6.07) is 5.86. The number of benzene rings is 1. The molecule has 0 saturated carbocycles. The molecule has 0 aliphatic carbocycles. The Kier molecular flexibility index (Phi) is 4.16. The van der Waals surface area contributed by atoms with Crippen molar-refractivity contribution in [3.8, 4) is 0 Å². The fourth-order valence-corrected chi connectivity index (χ4v) is 2.66. The first-order valence-corrected chi connectivity index (χ1v) is 7.70. The van der Waals surface area contributed by atoms with Crippen LogP contribution in [-0.2, 0) is 18.4 Å². The molecule has 1 N–H and O–H groups in total. The van der Waals surface area contributed by atoms with Gasteiger partial charge in [-0.2, -0.15) is 5.10 Å². The van der Waals surface area contributed by atoms with Crippen molar-refractivity contribution < 1.29 is 4.79 Å². The van der Waals surface area contributed by atoms with E-state index >= 15 is 0 Å². The van der Waals surface area contributed by atoms with E-state index in [0.29, 0.717) is 11.0 Å². The highest BCUT2D eigenvalue weighted by molar-refractivity contribution is 5.92. The minimum absolute atomic E-state index is 0.134. The van der Waals surface area contributed by atoms with E-state index in [1.165, 1.54) is 17.1 Å². The summed E-state index contributed by atoms with van der Waals surface area (Å²) in [7, 11) is 1.73. The van der Waals surface area contributed by atoms with Crippen LogP contribution in [0.25, 0.3) is 11.0 Å². The van der Waals surface area contributed by atoms with Gasteiger partial charge in [0.05, 0.1) is 12.5 Å². The summed E-state index contributed by atoms with van der Waals surface area (Å²) < 4.78 is 2.99. The molecular formula is C17H19N5O2. The van der Waals surface area contributed by atoms with E-state index < -0.39 is 0 Å². The van der Waals surface area contributed by atoms with Crippen molar-refractivity contribution in [3.05, 3.63) is 52.2 Å². The number of hydrogen-bond donors (Lipinski definition) is 1. The van der Waals surface area contributed by atoms with Crippen LogP contribution in [0.4, 0.5) is 5.69 Å². The molecule has 2 heterocycles. The molecule has 1 amide bonds.